The molecule has 0 radical (unpaired) electrons. The molecule has 0 bridgehead atoms. The van der Waals surface area contributed by atoms with Crippen LogP contribution in [0.1, 0.15) is 25.5 Å². The molecule has 1 fully saturated rings. The van der Waals surface area contributed by atoms with Crippen molar-refractivity contribution in [3.05, 3.63) is 20.5 Å². The summed E-state index contributed by atoms with van der Waals surface area (Å²) >= 11 is 3.22. The van der Waals surface area contributed by atoms with E-state index in [0.717, 1.165) is 12.1 Å². The summed E-state index contributed by atoms with van der Waals surface area (Å²) in [5.41, 5.74) is 0.692. The molecule has 1 aromatic rings. The molecule has 2 rings (SSSR count). The van der Waals surface area contributed by atoms with Crippen molar-refractivity contribution in [2.75, 3.05) is 5.32 Å². The van der Waals surface area contributed by atoms with E-state index >= 15 is 0 Å². The zero-order chi connectivity index (χ0) is 10.1. The quantitative estimate of drug-likeness (QED) is 0.867. The van der Waals surface area contributed by atoms with E-state index in [1.807, 2.05) is 6.92 Å². The van der Waals surface area contributed by atoms with Crippen LogP contribution in [0.5, 0.6) is 0 Å². The molecule has 1 saturated carbocycles. The number of nitrogens with one attached hydrogen (secondary N) is 2. The van der Waals surface area contributed by atoms with Gasteiger partial charge in [0.05, 0.1) is 5.69 Å². The van der Waals surface area contributed by atoms with Crippen molar-refractivity contribution in [2.45, 2.75) is 32.2 Å². The Kier molecular flexibility index (Phi) is 2.58. The van der Waals surface area contributed by atoms with E-state index in [2.05, 4.69) is 31.2 Å². The van der Waals surface area contributed by atoms with Crippen LogP contribution in [-0.4, -0.2) is 16.0 Å². The van der Waals surface area contributed by atoms with Crippen molar-refractivity contribution in [1.29, 1.82) is 0 Å². The van der Waals surface area contributed by atoms with E-state index in [4.69, 9.17) is 0 Å². The lowest BCUT2D eigenvalue weighted by atomic mass is 10.3. The van der Waals surface area contributed by atoms with Gasteiger partial charge in [0, 0.05) is 6.04 Å². The first-order valence-electron chi connectivity index (χ1n) is 4.76. The van der Waals surface area contributed by atoms with Gasteiger partial charge in [-0.3, -0.25) is 9.78 Å². The number of aryl methyl sites for hydroxylation is 1. The van der Waals surface area contributed by atoms with Gasteiger partial charge < -0.3 is 5.32 Å². The first-order valence-corrected chi connectivity index (χ1v) is 5.55. The van der Waals surface area contributed by atoms with Crippen molar-refractivity contribution in [1.82, 2.24) is 9.97 Å². The first kappa shape index (κ1) is 9.71. The first-order chi connectivity index (χ1) is 6.70. The van der Waals surface area contributed by atoms with Gasteiger partial charge in [0.1, 0.15) is 4.47 Å². The minimum Gasteiger partial charge on any atom is -0.353 e. The van der Waals surface area contributed by atoms with Crippen LogP contribution in [0.2, 0.25) is 0 Å². The van der Waals surface area contributed by atoms with Crippen molar-refractivity contribution in [3.63, 3.8) is 0 Å². The Labute approximate surface area is 90.3 Å². The van der Waals surface area contributed by atoms with Gasteiger partial charge in [0.15, 0.2) is 0 Å². The highest BCUT2D eigenvalue weighted by Crippen LogP contribution is 2.23. The molecule has 5 heteroatoms. The summed E-state index contributed by atoms with van der Waals surface area (Å²) in [6.45, 7) is 1.98. The lowest BCUT2D eigenvalue weighted by molar-refractivity contribution is 0.944. The Bertz CT molecular complexity index is 398. The Balaban J connectivity index is 2.31. The molecule has 0 aliphatic heterocycles. The number of nitrogens with zero attached hydrogens (tertiary/aromatic N) is 1. The minimum absolute atomic E-state index is 0.111. The second-order valence-electron chi connectivity index (χ2n) is 3.45. The number of rotatable bonds is 3. The van der Waals surface area contributed by atoms with Crippen molar-refractivity contribution >= 4 is 21.9 Å². The van der Waals surface area contributed by atoms with Crippen molar-refractivity contribution in [2.24, 2.45) is 0 Å². The molecule has 4 nitrogen and oxygen atoms in total. The van der Waals surface area contributed by atoms with Gasteiger partial charge in [-0.05, 0) is 35.2 Å². The maximum Gasteiger partial charge on any atom is 0.266 e. The van der Waals surface area contributed by atoms with Crippen LogP contribution in [-0.2, 0) is 6.42 Å². The fraction of sp³-hybridized carbons (Fsp3) is 0.556. The number of aromatic amines is 1. The van der Waals surface area contributed by atoms with E-state index in [9.17, 15) is 4.79 Å². The van der Waals surface area contributed by atoms with Gasteiger partial charge in [0.25, 0.3) is 5.56 Å². The molecule has 1 aliphatic rings. The van der Waals surface area contributed by atoms with Crippen molar-refractivity contribution < 1.29 is 0 Å². The highest BCUT2D eigenvalue weighted by molar-refractivity contribution is 9.10. The average Bonchev–Trinajstić information content (AvgIpc) is 2.95. The zero-order valence-electron chi connectivity index (χ0n) is 7.93. The van der Waals surface area contributed by atoms with Gasteiger partial charge >= 0.3 is 0 Å². The van der Waals surface area contributed by atoms with Gasteiger partial charge in [0.2, 0.25) is 5.95 Å². The molecule has 1 aliphatic carbocycles. The third-order valence-electron chi connectivity index (χ3n) is 2.18. The number of aromatic nitrogens is 2. The molecule has 14 heavy (non-hydrogen) atoms. The van der Waals surface area contributed by atoms with Crippen molar-refractivity contribution in [3.8, 4) is 0 Å². The monoisotopic (exact) mass is 257 g/mol. The Morgan fingerprint density at radius 3 is 2.93 bits per heavy atom. The molecule has 0 unspecified atom stereocenters. The molecule has 0 aromatic carbocycles. The molecule has 2 N–H and O–H groups in total. The molecular formula is C9H12BrN3O. The summed E-state index contributed by atoms with van der Waals surface area (Å²) in [6.07, 6.45) is 3.09. The average molecular weight is 258 g/mol. The number of halogens is 1. The molecule has 0 saturated heterocycles. The molecule has 0 spiro atoms. The molecule has 0 amide bonds. The van der Waals surface area contributed by atoms with Crippen LogP contribution in [0, 0.1) is 0 Å². The summed E-state index contributed by atoms with van der Waals surface area (Å²) in [5, 5.41) is 3.17. The SMILES string of the molecule is CCc1nc(NC2CC2)[nH]c(=O)c1Br. The molecule has 76 valence electrons. The third kappa shape index (κ3) is 1.97. The van der Waals surface area contributed by atoms with Crippen LogP contribution in [0.3, 0.4) is 0 Å². The topological polar surface area (TPSA) is 57.8 Å². The van der Waals surface area contributed by atoms with E-state index in [0.29, 0.717) is 16.5 Å². The number of anilines is 1. The van der Waals surface area contributed by atoms with E-state index in [1.165, 1.54) is 12.8 Å². The van der Waals surface area contributed by atoms with E-state index in [1.54, 1.807) is 0 Å². The molecule has 1 heterocycles. The number of hydrogen-bond donors (Lipinski definition) is 2. The fourth-order valence-corrected chi connectivity index (χ4v) is 1.70. The van der Waals surface area contributed by atoms with E-state index in [-0.39, 0.29) is 5.56 Å². The summed E-state index contributed by atoms with van der Waals surface area (Å²) in [7, 11) is 0. The Hall–Kier alpha value is -0.840. The molecular weight excluding hydrogens is 246 g/mol. The largest absolute Gasteiger partial charge is 0.353 e. The normalized spacial score (nSPS) is 15.6. The lowest BCUT2D eigenvalue weighted by Crippen LogP contribution is -2.16. The van der Waals surface area contributed by atoms with Crippen LogP contribution in [0.25, 0.3) is 0 Å². The smallest absolute Gasteiger partial charge is 0.266 e. The Morgan fingerprint density at radius 1 is 1.64 bits per heavy atom. The highest BCUT2D eigenvalue weighted by Gasteiger charge is 2.22. The summed E-state index contributed by atoms with van der Waals surface area (Å²) < 4.78 is 0.543. The van der Waals surface area contributed by atoms with Crippen LogP contribution >= 0.6 is 15.9 Å². The predicted molar refractivity (Wildman–Crippen MR) is 58.6 cm³/mol. The maximum atomic E-state index is 11.4. The van der Waals surface area contributed by atoms with Crippen LogP contribution in [0.4, 0.5) is 5.95 Å². The second kappa shape index (κ2) is 3.73. The zero-order valence-corrected chi connectivity index (χ0v) is 9.52. The number of hydrogen-bond acceptors (Lipinski definition) is 3. The van der Waals surface area contributed by atoms with Gasteiger partial charge in [-0.1, -0.05) is 6.92 Å². The van der Waals surface area contributed by atoms with Gasteiger partial charge in [-0.2, -0.15) is 0 Å². The van der Waals surface area contributed by atoms with E-state index < -0.39 is 0 Å². The van der Waals surface area contributed by atoms with Crippen LogP contribution < -0.4 is 10.9 Å². The van der Waals surface area contributed by atoms with Crippen LogP contribution in [0.15, 0.2) is 9.27 Å². The predicted octanol–water partition coefficient (Wildman–Crippen LogP) is 1.67. The minimum atomic E-state index is -0.111. The molecule has 0 atom stereocenters. The molecule has 1 aromatic heterocycles. The summed E-state index contributed by atoms with van der Waals surface area (Å²) in [5.74, 6) is 0.595. The highest BCUT2D eigenvalue weighted by atomic mass is 79.9. The van der Waals surface area contributed by atoms with Gasteiger partial charge in [-0.15, -0.1) is 0 Å². The Morgan fingerprint density at radius 2 is 2.36 bits per heavy atom. The third-order valence-corrected chi connectivity index (χ3v) is 3.00. The summed E-state index contributed by atoms with van der Waals surface area (Å²) in [4.78, 5) is 18.5. The maximum absolute atomic E-state index is 11.4. The second-order valence-corrected chi connectivity index (χ2v) is 4.24. The number of H-pyrrole nitrogens is 1. The standard InChI is InChI=1S/C9H12BrN3O/c1-2-6-7(10)8(14)13-9(12-6)11-5-3-4-5/h5H,2-4H2,1H3,(H2,11,12,13,14). The lowest BCUT2D eigenvalue weighted by Gasteiger charge is -2.05. The summed E-state index contributed by atoms with van der Waals surface area (Å²) in [6, 6.07) is 0.504. The van der Waals surface area contributed by atoms with Gasteiger partial charge in [-0.25, -0.2) is 4.98 Å². The fourth-order valence-electron chi connectivity index (χ4n) is 1.23.